The van der Waals surface area contributed by atoms with Crippen LogP contribution in [-0.4, -0.2) is 39.6 Å². The Morgan fingerprint density at radius 2 is 2.30 bits per heavy atom. The molecule has 1 aromatic rings. The molecule has 0 radical (unpaired) electrons. The molecule has 108 valence electrons. The fourth-order valence-corrected chi connectivity index (χ4v) is 3.21. The molecule has 0 unspecified atom stereocenters. The van der Waals surface area contributed by atoms with Crippen LogP contribution in [0.25, 0.3) is 0 Å². The molecule has 1 fully saturated rings. The topological polar surface area (TPSA) is 79.5 Å². The fourth-order valence-electron chi connectivity index (χ4n) is 3.21. The van der Waals surface area contributed by atoms with Crippen molar-refractivity contribution in [1.82, 2.24) is 9.88 Å². The highest BCUT2D eigenvalue weighted by Gasteiger charge is 2.34. The number of pyridine rings is 1. The van der Waals surface area contributed by atoms with Gasteiger partial charge in [-0.05, 0) is 30.9 Å². The zero-order valence-corrected chi connectivity index (χ0v) is 11.5. The number of aromatic nitrogens is 1. The molecule has 1 aromatic heterocycles. The average molecular weight is 275 g/mol. The van der Waals surface area contributed by atoms with Crippen molar-refractivity contribution in [3.8, 4) is 0 Å². The average Bonchev–Trinajstić information content (AvgIpc) is 2.49. The summed E-state index contributed by atoms with van der Waals surface area (Å²) < 4.78 is 0. The molecule has 0 spiro atoms. The van der Waals surface area contributed by atoms with E-state index in [1.165, 1.54) is 0 Å². The maximum absolute atomic E-state index is 12.6. The normalized spacial score (nSPS) is 29.9. The molecular weight excluding hydrogens is 254 g/mol. The van der Waals surface area contributed by atoms with E-state index < -0.39 is 6.10 Å². The van der Waals surface area contributed by atoms with E-state index in [1.807, 2.05) is 17.0 Å². The Labute approximate surface area is 118 Å². The molecule has 0 bridgehead atoms. The zero-order chi connectivity index (χ0) is 14.1. The van der Waals surface area contributed by atoms with Crippen LogP contribution in [0.2, 0.25) is 0 Å². The van der Waals surface area contributed by atoms with Crippen LogP contribution in [-0.2, 0) is 17.8 Å². The van der Waals surface area contributed by atoms with Gasteiger partial charge in [-0.2, -0.15) is 0 Å². The summed E-state index contributed by atoms with van der Waals surface area (Å²) in [6.07, 6.45) is 4.08. The molecule has 3 rings (SSSR count). The van der Waals surface area contributed by atoms with Gasteiger partial charge < -0.3 is 15.7 Å². The van der Waals surface area contributed by atoms with Crippen molar-refractivity contribution in [2.24, 2.45) is 11.7 Å². The second-order valence-electron chi connectivity index (χ2n) is 5.86. The van der Waals surface area contributed by atoms with E-state index in [1.54, 1.807) is 6.20 Å². The summed E-state index contributed by atoms with van der Waals surface area (Å²) in [5, 5.41) is 9.85. The van der Waals surface area contributed by atoms with E-state index in [4.69, 9.17) is 5.73 Å². The Balaban J connectivity index is 1.67. The Hall–Kier alpha value is -1.46. The van der Waals surface area contributed by atoms with Gasteiger partial charge in [0.2, 0.25) is 5.91 Å². The lowest BCUT2D eigenvalue weighted by Crippen LogP contribution is -2.46. The molecule has 5 heteroatoms. The number of rotatable bonds is 1. The number of aliphatic hydroxyl groups is 1. The minimum atomic E-state index is -0.545. The van der Waals surface area contributed by atoms with E-state index in [0.717, 1.165) is 37.1 Å². The van der Waals surface area contributed by atoms with E-state index in [-0.39, 0.29) is 17.9 Å². The quantitative estimate of drug-likeness (QED) is 0.780. The number of aliphatic hydroxyl groups excluding tert-OH is 1. The molecule has 3 N–H and O–H groups in total. The third kappa shape index (κ3) is 2.55. The Kier molecular flexibility index (Phi) is 3.72. The summed E-state index contributed by atoms with van der Waals surface area (Å²) in [5.41, 5.74) is 8.04. The van der Waals surface area contributed by atoms with Gasteiger partial charge in [-0.15, -0.1) is 0 Å². The first-order valence-electron chi connectivity index (χ1n) is 7.30. The lowest BCUT2D eigenvalue weighted by atomic mass is 9.83. The van der Waals surface area contributed by atoms with Gasteiger partial charge in [0.1, 0.15) is 0 Å². The molecule has 2 aliphatic rings. The van der Waals surface area contributed by atoms with Crippen LogP contribution < -0.4 is 5.73 Å². The standard InChI is InChI=1S/C15H21N3O2/c16-12-4-3-10(8-14(12)19)15(20)18-7-5-13-11(9-18)2-1-6-17-13/h1-2,6,10,12,14,19H,3-5,7-9,16H2/t10-,12-,14-/m0/s1. The van der Waals surface area contributed by atoms with Crippen molar-refractivity contribution in [2.45, 2.75) is 44.4 Å². The van der Waals surface area contributed by atoms with Gasteiger partial charge in [-0.25, -0.2) is 0 Å². The van der Waals surface area contributed by atoms with Gasteiger partial charge >= 0.3 is 0 Å². The predicted molar refractivity (Wildman–Crippen MR) is 74.7 cm³/mol. The molecule has 1 amide bonds. The number of hydrogen-bond donors (Lipinski definition) is 2. The van der Waals surface area contributed by atoms with Crippen LogP contribution in [0.4, 0.5) is 0 Å². The Bertz CT molecular complexity index is 506. The van der Waals surface area contributed by atoms with Crippen molar-refractivity contribution in [2.75, 3.05) is 6.54 Å². The van der Waals surface area contributed by atoms with Crippen LogP contribution in [0.1, 0.15) is 30.5 Å². The smallest absolute Gasteiger partial charge is 0.226 e. The number of carbonyl (C=O) groups excluding carboxylic acids is 1. The zero-order valence-electron chi connectivity index (χ0n) is 11.5. The molecule has 1 saturated carbocycles. The number of nitrogens with zero attached hydrogens (tertiary/aromatic N) is 2. The van der Waals surface area contributed by atoms with E-state index >= 15 is 0 Å². The van der Waals surface area contributed by atoms with Gasteiger partial charge in [0.05, 0.1) is 6.10 Å². The van der Waals surface area contributed by atoms with E-state index in [2.05, 4.69) is 4.98 Å². The maximum atomic E-state index is 12.6. The predicted octanol–water partition coefficient (Wildman–Crippen LogP) is 0.455. The van der Waals surface area contributed by atoms with Gasteiger partial charge in [0.25, 0.3) is 0 Å². The highest BCUT2D eigenvalue weighted by atomic mass is 16.3. The second kappa shape index (κ2) is 5.50. The third-order valence-electron chi connectivity index (χ3n) is 4.49. The molecule has 3 atom stereocenters. The summed E-state index contributed by atoms with van der Waals surface area (Å²) in [7, 11) is 0. The second-order valence-corrected chi connectivity index (χ2v) is 5.86. The summed E-state index contributed by atoms with van der Waals surface area (Å²) in [5.74, 6) is 0.0773. The Morgan fingerprint density at radius 1 is 1.45 bits per heavy atom. The minimum absolute atomic E-state index is 0.0805. The van der Waals surface area contributed by atoms with Gasteiger partial charge in [0, 0.05) is 43.4 Å². The van der Waals surface area contributed by atoms with Gasteiger partial charge in [-0.3, -0.25) is 9.78 Å². The molecule has 5 nitrogen and oxygen atoms in total. The SMILES string of the molecule is N[C@H]1CC[C@H](C(=O)N2CCc3ncccc3C2)C[C@@H]1O. The van der Waals surface area contributed by atoms with Gasteiger partial charge in [0.15, 0.2) is 0 Å². The third-order valence-corrected chi connectivity index (χ3v) is 4.49. The van der Waals surface area contributed by atoms with Crippen LogP contribution in [0.15, 0.2) is 18.3 Å². The number of fused-ring (bicyclic) bond motifs is 1. The summed E-state index contributed by atoms with van der Waals surface area (Å²) in [6, 6.07) is 3.77. The lowest BCUT2D eigenvalue weighted by Gasteiger charge is -2.35. The van der Waals surface area contributed by atoms with E-state index in [0.29, 0.717) is 13.0 Å². The fraction of sp³-hybridized carbons (Fsp3) is 0.600. The minimum Gasteiger partial charge on any atom is -0.391 e. The van der Waals surface area contributed by atoms with Crippen molar-refractivity contribution >= 4 is 5.91 Å². The van der Waals surface area contributed by atoms with Crippen LogP contribution in [0.3, 0.4) is 0 Å². The number of carbonyl (C=O) groups is 1. The highest BCUT2D eigenvalue weighted by Crippen LogP contribution is 2.27. The molecule has 20 heavy (non-hydrogen) atoms. The number of nitrogens with two attached hydrogens (primary N) is 1. The largest absolute Gasteiger partial charge is 0.391 e. The van der Waals surface area contributed by atoms with E-state index in [9.17, 15) is 9.90 Å². The number of hydrogen-bond acceptors (Lipinski definition) is 4. The van der Waals surface area contributed by atoms with Crippen molar-refractivity contribution < 1.29 is 9.90 Å². The molecule has 0 saturated heterocycles. The highest BCUT2D eigenvalue weighted by molar-refractivity contribution is 5.79. The van der Waals surface area contributed by atoms with Crippen LogP contribution in [0.5, 0.6) is 0 Å². The molecule has 0 aromatic carbocycles. The molecule has 1 aliphatic carbocycles. The Morgan fingerprint density at radius 3 is 3.10 bits per heavy atom. The summed E-state index contributed by atoms with van der Waals surface area (Å²) in [4.78, 5) is 18.8. The lowest BCUT2D eigenvalue weighted by molar-refractivity contribution is -0.139. The first-order chi connectivity index (χ1) is 9.65. The first kappa shape index (κ1) is 13.5. The van der Waals surface area contributed by atoms with Crippen LogP contribution in [0, 0.1) is 5.92 Å². The van der Waals surface area contributed by atoms with Gasteiger partial charge in [-0.1, -0.05) is 6.07 Å². The molecule has 2 heterocycles. The monoisotopic (exact) mass is 275 g/mol. The molecule has 1 aliphatic heterocycles. The summed E-state index contributed by atoms with van der Waals surface area (Å²) >= 11 is 0. The first-order valence-corrected chi connectivity index (χ1v) is 7.30. The number of amides is 1. The van der Waals surface area contributed by atoms with Crippen LogP contribution >= 0.6 is 0 Å². The van der Waals surface area contributed by atoms with Crippen molar-refractivity contribution in [3.05, 3.63) is 29.6 Å². The maximum Gasteiger partial charge on any atom is 0.226 e. The van der Waals surface area contributed by atoms with Crippen molar-refractivity contribution in [1.29, 1.82) is 0 Å². The van der Waals surface area contributed by atoms with Crippen molar-refractivity contribution in [3.63, 3.8) is 0 Å². The molecular formula is C15H21N3O2. The summed E-state index contributed by atoms with van der Waals surface area (Å²) in [6.45, 7) is 1.36.